The third kappa shape index (κ3) is 3.46. The Balaban J connectivity index is 1.84. The molecule has 0 unspecified atom stereocenters. The average Bonchev–Trinajstić information content (AvgIpc) is 3.13. The van der Waals surface area contributed by atoms with E-state index >= 15 is 0 Å². The van der Waals surface area contributed by atoms with Gasteiger partial charge in [0.1, 0.15) is 10.8 Å². The van der Waals surface area contributed by atoms with Gasteiger partial charge in [-0.1, -0.05) is 59.6 Å². The van der Waals surface area contributed by atoms with E-state index in [1.165, 1.54) is 11.3 Å². The van der Waals surface area contributed by atoms with Crippen LogP contribution >= 0.6 is 34.5 Å². The summed E-state index contributed by atoms with van der Waals surface area (Å²) in [5.74, 6) is 0.217. The first-order chi connectivity index (χ1) is 13.0. The van der Waals surface area contributed by atoms with Crippen LogP contribution in [0.25, 0.3) is 33.0 Å². The molecule has 0 saturated heterocycles. The Morgan fingerprint density at radius 1 is 0.889 bits per heavy atom. The first kappa shape index (κ1) is 18.1. The second-order valence-electron chi connectivity index (χ2n) is 6.21. The van der Waals surface area contributed by atoms with Gasteiger partial charge in [-0.3, -0.25) is 0 Å². The second-order valence-corrected chi connectivity index (χ2v) is 7.88. The zero-order valence-electron chi connectivity index (χ0n) is 14.4. The van der Waals surface area contributed by atoms with Crippen molar-refractivity contribution in [3.63, 3.8) is 0 Å². The van der Waals surface area contributed by atoms with Crippen LogP contribution in [0, 0.1) is 6.92 Å². The largest absolute Gasteiger partial charge is 0.507 e. The number of aromatic nitrogens is 1. The normalized spacial score (nSPS) is 10.9. The van der Waals surface area contributed by atoms with Crippen LogP contribution in [0.2, 0.25) is 10.0 Å². The number of rotatable bonds is 3. The molecule has 0 amide bonds. The number of benzene rings is 3. The van der Waals surface area contributed by atoms with Crippen LogP contribution < -0.4 is 0 Å². The molecule has 0 aliphatic heterocycles. The van der Waals surface area contributed by atoms with Crippen LogP contribution in [-0.2, 0) is 0 Å². The first-order valence-electron chi connectivity index (χ1n) is 8.34. The molecule has 0 aliphatic carbocycles. The Kier molecular flexibility index (Phi) is 4.92. The van der Waals surface area contributed by atoms with Crippen molar-refractivity contribution in [3.8, 4) is 38.7 Å². The maximum Gasteiger partial charge on any atom is 0.132 e. The predicted octanol–water partition coefficient (Wildman–Crippen LogP) is 7.46. The van der Waals surface area contributed by atoms with Crippen molar-refractivity contribution in [3.05, 3.63) is 81.7 Å². The zero-order valence-corrected chi connectivity index (χ0v) is 16.7. The SMILES string of the molecule is Cc1cc(-c2ccccc2)c(O)c(-c2csc(-c3c(Cl)cccc3Cl)n2)c1. The highest BCUT2D eigenvalue weighted by Crippen LogP contribution is 2.42. The summed E-state index contributed by atoms with van der Waals surface area (Å²) in [5.41, 5.74) is 4.91. The van der Waals surface area contributed by atoms with E-state index in [9.17, 15) is 5.11 Å². The third-order valence-corrected chi connectivity index (χ3v) is 5.79. The molecule has 27 heavy (non-hydrogen) atoms. The maximum atomic E-state index is 10.9. The van der Waals surface area contributed by atoms with Crippen LogP contribution in [-0.4, -0.2) is 10.1 Å². The fourth-order valence-corrected chi connectivity index (χ4v) is 4.61. The van der Waals surface area contributed by atoms with Crippen LogP contribution in [0.1, 0.15) is 5.56 Å². The molecule has 2 nitrogen and oxygen atoms in total. The molecule has 5 heteroatoms. The lowest BCUT2D eigenvalue weighted by molar-refractivity contribution is 0.479. The number of hydrogen-bond donors (Lipinski definition) is 1. The fourth-order valence-electron chi connectivity index (χ4n) is 3.03. The molecule has 0 fully saturated rings. The van der Waals surface area contributed by atoms with Crippen LogP contribution in [0.15, 0.2) is 66.0 Å². The smallest absolute Gasteiger partial charge is 0.132 e. The molecule has 3 aromatic carbocycles. The summed E-state index contributed by atoms with van der Waals surface area (Å²) in [6.45, 7) is 2.01. The van der Waals surface area contributed by atoms with E-state index in [0.29, 0.717) is 26.9 Å². The molecule has 0 saturated carbocycles. The number of phenolic OH excluding ortho intramolecular Hbond substituents is 1. The molecule has 0 spiro atoms. The molecule has 0 radical (unpaired) electrons. The lowest BCUT2D eigenvalue weighted by Gasteiger charge is -2.11. The quantitative estimate of drug-likeness (QED) is 0.379. The van der Waals surface area contributed by atoms with Gasteiger partial charge < -0.3 is 5.11 Å². The van der Waals surface area contributed by atoms with Gasteiger partial charge in [-0.15, -0.1) is 11.3 Å². The van der Waals surface area contributed by atoms with Gasteiger partial charge in [0.15, 0.2) is 0 Å². The minimum Gasteiger partial charge on any atom is -0.507 e. The molecule has 1 N–H and O–H groups in total. The van der Waals surface area contributed by atoms with Gasteiger partial charge in [0.05, 0.1) is 15.7 Å². The van der Waals surface area contributed by atoms with Gasteiger partial charge in [0.2, 0.25) is 0 Å². The Morgan fingerprint density at radius 3 is 2.26 bits per heavy atom. The van der Waals surface area contributed by atoms with Crippen molar-refractivity contribution in [2.24, 2.45) is 0 Å². The summed E-state index contributed by atoms with van der Waals surface area (Å²) in [7, 11) is 0. The van der Waals surface area contributed by atoms with Crippen molar-refractivity contribution in [1.29, 1.82) is 0 Å². The van der Waals surface area contributed by atoms with E-state index in [1.807, 2.05) is 54.8 Å². The summed E-state index contributed by atoms with van der Waals surface area (Å²) in [5, 5.41) is 14.7. The number of hydrogen-bond acceptors (Lipinski definition) is 3. The van der Waals surface area contributed by atoms with E-state index in [0.717, 1.165) is 21.7 Å². The molecule has 0 aliphatic rings. The molecule has 0 bridgehead atoms. The zero-order chi connectivity index (χ0) is 19.0. The summed E-state index contributed by atoms with van der Waals surface area (Å²) < 4.78 is 0. The minimum atomic E-state index is 0.217. The number of aromatic hydroxyl groups is 1. The van der Waals surface area contributed by atoms with Gasteiger partial charge in [-0.05, 0) is 42.3 Å². The van der Waals surface area contributed by atoms with Gasteiger partial charge >= 0.3 is 0 Å². The molecular formula is C22H15Cl2NOS. The van der Waals surface area contributed by atoms with E-state index in [2.05, 4.69) is 0 Å². The summed E-state index contributed by atoms with van der Waals surface area (Å²) in [6.07, 6.45) is 0. The van der Waals surface area contributed by atoms with E-state index in [1.54, 1.807) is 18.2 Å². The highest BCUT2D eigenvalue weighted by atomic mass is 35.5. The number of thiazole rings is 1. The minimum absolute atomic E-state index is 0.217. The van der Waals surface area contributed by atoms with Crippen molar-refractivity contribution >= 4 is 34.5 Å². The molecule has 4 aromatic rings. The monoisotopic (exact) mass is 411 g/mol. The summed E-state index contributed by atoms with van der Waals surface area (Å²) in [4.78, 5) is 4.70. The van der Waals surface area contributed by atoms with Crippen molar-refractivity contribution in [2.45, 2.75) is 6.92 Å². The second kappa shape index (κ2) is 7.35. The first-order valence-corrected chi connectivity index (χ1v) is 9.97. The van der Waals surface area contributed by atoms with Crippen LogP contribution in [0.4, 0.5) is 0 Å². The molecule has 4 rings (SSSR count). The molecule has 1 heterocycles. The highest BCUT2D eigenvalue weighted by Gasteiger charge is 2.17. The summed E-state index contributed by atoms with van der Waals surface area (Å²) in [6, 6.07) is 19.1. The Hall–Kier alpha value is -2.33. The van der Waals surface area contributed by atoms with E-state index < -0.39 is 0 Å². The summed E-state index contributed by atoms with van der Waals surface area (Å²) >= 11 is 14.1. The topological polar surface area (TPSA) is 33.1 Å². The number of halogens is 2. The number of phenols is 1. The Bertz CT molecular complexity index is 1100. The highest BCUT2D eigenvalue weighted by molar-refractivity contribution is 7.13. The lowest BCUT2D eigenvalue weighted by Crippen LogP contribution is -1.88. The molecule has 134 valence electrons. The Labute approximate surface area is 171 Å². The predicted molar refractivity (Wildman–Crippen MR) is 115 cm³/mol. The fraction of sp³-hybridized carbons (Fsp3) is 0.0455. The van der Waals surface area contributed by atoms with Gasteiger partial charge in [-0.25, -0.2) is 4.98 Å². The Morgan fingerprint density at radius 2 is 1.56 bits per heavy atom. The van der Waals surface area contributed by atoms with Crippen molar-refractivity contribution in [2.75, 3.05) is 0 Å². The third-order valence-electron chi connectivity index (χ3n) is 4.30. The van der Waals surface area contributed by atoms with Gasteiger partial charge in [0.25, 0.3) is 0 Å². The van der Waals surface area contributed by atoms with Gasteiger partial charge in [-0.2, -0.15) is 0 Å². The average molecular weight is 412 g/mol. The van der Waals surface area contributed by atoms with Crippen molar-refractivity contribution < 1.29 is 5.11 Å². The molecule has 0 atom stereocenters. The van der Waals surface area contributed by atoms with E-state index in [4.69, 9.17) is 28.2 Å². The molecular weight excluding hydrogens is 397 g/mol. The number of aryl methyl sites for hydroxylation is 1. The van der Waals surface area contributed by atoms with E-state index in [-0.39, 0.29) is 5.75 Å². The van der Waals surface area contributed by atoms with Crippen LogP contribution in [0.5, 0.6) is 5.75 Å². The van der Waals surface area contributed by atoms with Crippen LogP contribution in [0.3, 0.4) is 0 Å². The lowest BCUT2D eigenvalue weighted by atomic mass is 9.97. The standard InChI is InChI=1S/C22H15Cl2NOS/c1-13-10-15(14-6-3-2-4-7-14)21(26)16(11-13)19-12-27-22(25-19)20-17(23)8-5-9-18(20)24/h2-12,26H,1H3. The number of nitrogens with zero attached hydrogens (tertiary/aromatic N) is 1. The van der Waals surface area contributed by atoms with Crippen molar-refractivity contribution in [1.82, 2.24) is 4.98 Å². The maximum absolute atomic E-state index is 10.9. The molecule has 1 aromatic heterocycles. The van der Waals surface area contributed by atoms with Gasteiger partial charge in [0, 0.05) is 22.1 Å².